The number of carbonyl (C=O) groups excluding carboxylic acids is 2. The van der Waals surface area contributed by atoms with Crippen LogP contribution in [-0.4, -0.2) is 30.9 Å². The normalized spacial score (nSPS) is 10.6. The molecule has 0 aliphatic heterocycles. The predicted octanol–water partition coefficient (Wildman–Crippen LogP) is 3.53. The van der Waals surface area contributed by atoms with Gasteiger partial charge in [0, 0.05) is 17.4 Å². The SMILES string of the molecule is CCc1ccccc1NC(=O)CNC(=O)CN(c1ccccc1C)C(C)C. The molecule has 0 heterocycles. The molecule has 144 valence electrons. The summed E-state index contributed by atoms with van der Waals surface area (Å²) in [6.45, 7) is 8.33. The van der Waals surface area contributed by atoms with Gasteiger partial charge in [0.05, 0.1) is 13.1 Å². The van der Waals surface area contributed by atoms with Crippen LogP contribution < -0.4 is 15.5 Å². The minimum absolute atomic E-state index is 0.0451. The average Bonchev–Trinajstić information content (AvgIpc) is 2.65. The first-order chi connectivity index (χ1) is 12.9. The minimum Gasteiger partial charge on any atom is -0.360 e. The van der Waals surface area contributed by atoms with E-state index >= 15 is 0 Å². The smallest absolute Gasteiger partial charge is 0.243 e. The molecule has 2 N–H and O–H groups in total. The zero-order valence-corrected chi connectivity index (χ0v) is 16.6. The van der Waals surface area contributed by atoms with E-state index in [0.29, 0.717) is 0 Å². The summed E-state index contributed by atoms with van der Waals surface area (Å²) in [5, 5.41) is 5.59. The van der Waals surface area contributed by atoms with Crippen LogP contribution in [0, 0.1) is 6.92 Å². The summed E-state index contributed by atoms with van der Waals surface area (Å²) < 4.78 is 0. The van der Waals surface area contributed by atoms with E-state index in [-0.39, 0.29) is 30.9 Å². The molecule has 0 radical (unpaired) electrons. The van der Waals surface area contributed by atoms with Crippen molar-refractivity contribution in [1.82, 2.24) is 5.32 Å². The molecule has 0 aromatic heterocycles. The number of rotatable bonds is 8. The molecule has 0 unspecified atom stereocenters. The Bertz CT molecular complexity index is 787. The fourth-order valence-electron chi connectivity index (χ4n) is 2.97. The van der Waals surface area contributed by atoms with Gasteiger partial charge in [-0.1, -0.05) is 43.3 Å². The molecular formula is C22H29N3O2. The van der Waals surface area contributed by atoms with Crippen LogP contribution in [0.1, 0.15) is 31.9 Å². The maximum atomic E-state index is 12.4. The maximum Gasteiger partial charge on any atom is 0.243 e. The largest absolute Gasteiger partial charge is 0.360 e. The third-order valence-electron chi connectivity index (χ3n) is 4.48. The third kappa shape index (κ3) is 5.84. The van der Waals surface area contributed by atoms with Crippen molar-refractivity contribution in [2.45, 2.75) is 40.2 Å². The quantitative estimate of drug-likeness (QED) is 0.750. The number of carbonyl (C=O) groups is 2. The summed E-state index contributed by atoms with van der Waals surface area (Å²) in [5.41, 5.74) is 4.02. The maximum absolute atomic E-state index is 12.4. The number of benzene rings is 2. The fourth-order valence-corrected chi connectivity index (χ4v) is 2.97. The van der Waals surface area contributed by atoms with Crippen molar-refractivity contribution >= 4 is 23.2 Å². The van der Waals surface area contributed by atoms with Gasteiger partial charge in [0.25, 0.3) is 0 Å². The van der Waals surface area contributed by atoms with Crippen molar-refractivity contribution in [3.8, 4) is 0 Å². The van der Waals surface area contributed by atoms with E-state index in [1.165, 1.54) is 0 Å². The van der Waals surface area contributed by atoms with Crippen molar-refractivity contribution in [3.63, 3.8) is 0 Å². The molecule has 0 spiro atoms. The first kappa shape index (κ1) is 20.5. The lowest BCUT2D eigenvalue weighted by Crippen LogP contribution is -2.43. The molecule has 0 saturated heterocycles. The molecule has 27 heavy (non-hydrogen) atoms. The van der Waals surface area contributed by atoms with Crippen LogP contribution in [0.15, 0.2) is 48.5 Å². The van der Waals surface area contributed by atoms with Crippen LogP contribution in [0.2, 0.25) is 0 Å². The summed E-state index contributed by atoms with van der Waals surface area (Å²) >= 11 is 0. The Morgan fingerprint density at radius 1 is 1.00 bits per heavy atom. The average molecular weight is 367 g/mol. The van der Waals surface area contributed by atoms with E-state index in [2.05, 4.69) is 10.6 Å². The number of nitrogens with zero attached hydrogens (tertiary/aromatic N) is 1. The number of hydrogen-bond acceptors (Lipinski definition) is 3. The molecule has 2 aromatic carbocycles. The lowest BCUT2D eigenvalue weighted by atomic mass is 10.1. The summed E-state index contributed by atoms with van der Waals surface area (Å²) in [4.78, 5) is 26.6. The van der Waals surface area contributed by atoms with E-state index in [1.807, 2.05) is 81.1 Å². The van der Waals surface area contributed by atoms with Crippen LogP contribution >= 0.6 is 0 Å². The first-order valence-corrected chi connectivity index (χ1v) is 9.39. The zero-order chi connectivity index (χ0) is 19.8. The van der Waals surface area contributed by atoms with Crippen LogP contribution in [0.4, 0.5) is 11.4 Å². The Hall–Kier alpha value is -2.82. The molecule has 5 nitrogen and oxygen atoms in total. The predicted molar refractivity (Wildman–Crippen MR) is 111 cm³/mol. The molecule has 0 saturated carbocycles. The highest BCUT2D eigenvalue weighted by molar-refractivity contribution is 5.95. The second kappa shape index (κ2) is 9.76. The summed E-state index contributed by atoms with van der Waals surface area (Å²) in [6, 6.07) is 15.8. The molecule has 2 aromatic rings. The van der Waals surface area contributed by atoms with Gasteiger partial charge in [0.1, 0.15) is 0 Å². The highest BCUT2D eigenvalue weighted by Crippen LogP contribution is 2.21. The number of aryl methyl sites for hydroxylation is 2. The van der Waals surface area contributed by atoms with E-state index in [4.69, 9.17) is 0 Å². The summed E-state index contributed by atoms with van der Waals surface area (Å²) in [5.74, 6) is -0.401. The zero-order valence-electron chi connectivity index (χ0n) is 16.6. The molecule has 2 amide bonds. The van der Waals surface area contributed by atoms with Crippen molar-refractivity contribution in [3.05, 3.63) is 59.7 Å². The van der Waals surface area contributed by atoms with Crippen molar-refractivity contribution in [1.29, 1.82) is 0 Å². The van der Waals surface area contributed by atoms with Crippen LogP contribution in [0.25, 0.3) is 0 Å². The van der Waals surface area contributed by atoms with Crippen molar-refractivity contribution < 1.29 is 9.59 Å². The molecule has 0 fully saturated rings. The molecule has 5 heteroatoms. The molecule has 0 atom stereocenters. The van der Waals surface area contributed by atoms with Crippen LogP contribution in [0.5, 0.6) is 0 Å². The first-order valence-electron chi connectivity index (χ1n) is 9.39. The number of anilines is 2. The molecule has 0 aliphatic carbocycles. The monoisotopic (exact) mass is 367 g/mol. The fraction of sp³-hybridized carbons (Fsp3) is 0.364. The van der Waals surface area contributed by atoms with E-state index < -0.39 is 0 Å². The van der Waals surface area contributed by atoms with Gasteiger partial charge in [-0.05, 0) is 50.5 Å². The van der Waals surface area contributed by atoms with Gasteiger partial charge in [-0.2, -0.15) is 0 Å². The highest BCUT2D eigenvalue weighted by atomic mass is 16.2. The number of nitrogens with one attached hydrogen (secondary N) is 2. The van der Waals surface area contributed by atoms with Gasteiger partial charge in [-0.3, -0.25) is 9.59 Å². The van der Waals surface area contributed by atoms with E-state index in [0.717, 1.165) is 28.9 Å². The van der Waals surface area contributed by atoms with Gasteiger partial charge >= 0.3 is 0 Å². The Morgan fingerprint density at radius 3 is 2.33 bits per heavy atom. The standard InChI is InChI=1S/C22H29N3O2/c1-5-18-11-7-8-12-19(18)24-21(26)14-23-22(27)15-25(16(2)3)20-13-9-6-10-17(20)4/h6-13,16H,5,14-15H2,1-4H3,(H,23,27)(H,24,26). The second-order valence-corrected chi connectivity index (χ2v) is 6.84. The molecule has 2 rings (SSSR count). The summed E-state index contributed by atoms with van der Waals surface area (Å²) in [7, 11) is 0. The second-order valence-electron chi connectivity index (χ2n) is 6.84. The van der Waals surface area contributed by atoms with Crippen molar-refractivity contribution in [2.24, 2.45) is 0 Å². The van der Waals surface area contributed by atoms with E-state index in [1.54, 1.807) is 0 Å². The van der Waals surface area contributed by atoms with Crippen LogP contribution in [-0.2, 0) is 16.0 Å². The number of hydrogen-bond donors (Lipinski definition) is 2. The van der Waals surface area contributed by atoms with Gasteiger partial charge in [0.2, 0.25) is 11.8 Å². The Kier molecular flexibility index (Phi) is 7.41. The Labute approximate surface area is 161 Å². The third-order valence-corrected chi connectivity index (χ3v) is 4.48. The molecular weight excluding hydrogens is 338 g/mol. The van der Waals surface area contributed by atoms with E-state index in [9.17, 15) is 9.59 Å². The van der Waals surface area contributed by atoms with Gasteiger partial charge < -0.3 is 15.5 Å². The van der Waals surface area contributed by atoms with Crippen molar-refractivity contribution in [2.75, 3.05) is 23.3 Å². The Morgan fingerprint density at radius 2 is 1.67 bits per heavy atom. The Balaban J connectivity index is 1.92. The van der Waals surface area contributed by atoms with Gasteiger partial charge in [0.15, 0.2) is 0 Å². The van der Waals surface area contributed by atoms with Crippen LogP contribution in [0.3, 0.4) is 0 Å². The topological polar surface area (TPSA) is 61.4 Å². The summed E-state index contributed by atoms with van der Waals surface area (Å²) in [6.07, 6.45) is 0.836. The highest BCUT2D eigenvalue weighted by Gasteiger charge is 2.17. The lowest BCUT2D eigenvalue weighted by Gasteiger charge is -2.29. The molecule has 0 bridgehead atoms. The number of amides is 2. The van der Waals surface area contributed by atoms with Gasteiger partial charge in [-0.15, -0.1) is 0 Å². The lowest BCUT2D eigenvalue weighted by molar-refractivity contribution is -0.123. The molecule has 0 aliphatic rings. The number of para-hydroxylation sites is 2. The van der Waals surface area contributed by atoms with Gasteiger partial charge in [-0.25, -0.2) is 0 Å². The minimum atomic E-state index is -0.226.